The first kappa shape index (κ1) is 6.62. The molecule has 2 fully saturated rings. The van der Waals surface area contributed by atoms with Gasteiger partial charge in [0.1, 0.15) is 0 Å². The van der Waals surface area contributed by atoms with Crippen LogP contribution < -0.4 is 5.73 Å². The van der Waals surface area contributed by atoms with Crippen LogP contribution in [0.2, 0.25) is 0 Å². The van der Waals surface area contributed by atoms with Crippen LogP contribution >= 0.6 is 0 Å². The van der Waals surface area contributed by atoms with Crippen molar-refractivity contribution in [2.75, 3.05) is 13.2 Å². The van der Waals surface area contributed by atoms with Gasteiger partial charge >= 0.3 is 0 Å². The second kappa shape index (κ2) is 1.95. The van der Waals surface area contributed by atoms with Gasteiger partial charge in [0, 0.05) is 12.6 Å². The minimum atomic E-state index is 0.441. The lowest BCUT2D eigenvalue weighted by Gasteiger charge is -2.15. The topological polar surface area (TPSA) is 35.2 Å². The molecule has 0 aromatic rings. The van der Waals surface area contributed by atoms with Crippen LogP contribution in [0.3, 0.4) is 0 Å². The highest BCUT2D eigenvalue weighted by atomic mass is 16.5. The summed E-state index contributed by atoms with van der Waals surface area (Å²) in [6, 6.07) is 0.458. The van der Waals surface area contributed by atoms with Crippen molar-refractivity contribution in [3.05, 3.63) is 0 Å². The predicted molar refractivity (Wildman–Crippen MR) is 39.6 cm³/mol. The van der Waals surface area contributed by atoms with Crippen molar-refractivity contribution in [2.45, 2.75) is 25.8 Å². The van der Waals surface area contributed by atoms with Crippen LogP contribution in [0.1, 0.15) is 19.8 Å². The Morgan fingerprint density at radius 3 is 2.70 bits per heavy atom. The van der Waals surface area contributed by atoms with E-state index in [1.54, 1.807) is 0 Å². The number of ether oxygens (including phenoxy) is 1. The van der Waals surface area contributed by atoms with Crippen LogP contribution in [0.4, 0.5) is 0 Å². The quantitative estimate of drug-likeness (QED) is 0.585. The molecule has 2 heteroatoms. The summed E-state index contributed by atoms with van der Waals surface area (Å²) < 4.78 is 5.32. The fourth-order valence-corrected chi connectivity index (χ4v) is 1.94. The summed E-state index contributed by atoms with van der Waals surface area (Å²) >= 11 is 0. The molecule has 2 N–H and O–H groups in total. The average molecular weight is 141 g/mol. The van der Waals surface area contributed by atoms with E-state index >= 15 is 0 Å². The summed E-state index contributed by atoms with van der Waals surface area (Å²) in [6.45, 7) is 4.19. The third-order valence-electron chi connectivity index (χ3n) is 3.21. The summed E-state index contributed by atoms with van der Waals surface area (Å²) in [5.41, 5.74) is 6.27. The van der Waals surface area contributed by atoms with E-state index in [0.29, 0.717) is 11.5 Å². The Kier molecular flexibility index (Phi) is 1.29. The molecule has 10 heavy (non-hydrogen) atoms. The van der Waals surface area contributed by atoms with Crippen LogP contribution in [0.25, 0.3) is 0 Å². The van der Waals surface area contributed by atoms with Gasteiger partial charge in [0.05, 0.1) is 6.61 Å². The molecule has 2 aliphatic rings. The lowest BCUT2D eigenvalue weighted by Crippen LogP contribution is -2.20. The SMILES string of the molecule is CC1(C2CCOC2)CC1N. The van der Waals surface area contributed by atoms with Crippen LogP contribution in [-0.2, 0) is 4.74 Å². The molecule has 0 amide bonds. The number of hydrogen-bond donors (Lipinski definition) is 1. The third kappa shape index (κ3) is 0.789. The van der Waals surface area contributed by atoms with E-state index in [-0.39, 0.29) is 0 Å². The Morgan fingerprint density at radius 1 is 1.60 bits per heavy atom. The smallest absolute Gasteiger partial charge is 0.0500 e. The minimum absolute atomic E-state index is 0.441. The lowest BCUT2D eigenvalue weighted by atomic mass is 9.90. The molecule has 0 radical (unpaired) electrons. The Bertz CT molecular complexity index is 142. The summed E-state index contributed by atoms with van der Waals surface area (Å²) in [4.78, 5) is 0. The van der Waals surface area contributed by atoms with Gasteiger partial charge in [-0.1, -0.05) is 6.92 Å². The Morgan fingerprint density at radius 2 is 2.30 bits per heavy atom. The molecule has 2 nitrogen and oxygen atoms in total. The molecule has 0 bridgehead atoms. The molecule has 1 saturated carbocycles. The summed E-state index contributed by atoms with van der Waals surface area (Å²) in [6.07, 6.45) is 2.44. The molecular formula is C8H15NO. The highest BCUT2D eigenvalue weighted by Gasteiger charge is 2.53. The normalized spacial score (nSPS) is 53.4. The van der Waals surface area contributed by atoms with Crippen LogP contribution in [-0.4, -0.2) is 19.3 Å². The minimum Gasteiger partial charge on any atom is -0.381 e. The third-order valence-corrected chi connectivity index (χ3v) is 3.21. The predicted octanol–water partition coefficient (Wildman–Crippen LogP) is 0.760. The molecule has 3 unspecified atom stereocenters. The molecule has 0 spiro atoms. The standard InChI is InChI=1S/C8H15NO/c1-8(4-7(8)9)6-2-3-10-5-6/h6-7H,2-5,9H2,1H3. The molecule has 2 rings (SSSR count). The van der Waals surface area contributed by atoms with Gasteiger partial charge in [-0.2, -0.15) is 0 Å². The summed E-state index contributed by atoms with van der Waals surface area (Å²) in [5.74, 6) is 0.752. The van der Waals surface area contributed by atoms with Gasteiger partial charge in [0.15, 0.2) is 0 Å². The molecule has 58 valence electrons. The molecule has 1 aliphatic carbocycles. The molecule has 1 saturated heterocycles. The fourth-order valence-electron chi connectivity index (χ4n) is 1.94. The molecular weight excluding hydrogens is 126 g/mol. The molecule has 3 atom stereocenters. The highest BCUT2D eigenvalue weighted by molar-refractivity contribution is 5.07. The van der Waals surface area contributed by atoms with Gasteiger partial charge in [-0.25, -0.2) is 0 Å². The second-order valence-electron chi connectivity index (χ2n) is 3.88. The van der Waals surface area contributed by atoms with E-state index in [0.717, 1.165) is 19.1 Å². The maximum Gasteiger partial charge on any atom is 0.0500 e. The van der Waals surface area contributed by atoms with E-state index in [1.807, 2.05) is 0 Å². The van der Waals surface area contributed by atoms with Crippen molar-refractivity contribution in [2.24, 2.45) is 17.1 Å². The van der Waals surface area contributed by atoms with Crippen molar-refractivity contribution in [3.63, 3.8) is 0 Å². The number of hydrogen-bond acceptors (Lipinski definition) is 2. The Hall–Kier alpha value is -0.0800. The highest BCUT2D eigenvalue weighted by Crippen LogP contribution is 2.52. The van der Waals surface area contributed by atoms with Crippen molar-refractivity contribution in [1.82, 2.24) is 0 Å². The number of rotatable bonds is 1. The summed E-state index contributed by atoms with van der Waals surface area (Å²) in [5, 5.41) is 0. The van der Waals surface area contributed by atoms with E-state index in [4.69, 9.17) is 10.5 Å². The first-order valence-electron chi connectivity index (χ1n) is 4.07. The Labute approximate surface area is 61.7 Å². The van der Waals surface area contributed by atoms with Gasteiger partial charge in [0.2, 0.25) is 0 Å². The number of nitrogens with two attached hydrogens (primary N) is 1. The van der Waals surface area contributed by atoms with E-state index in [2.05, 4.69) is 6.92 Å². The van der Waals surface area contributed by atoms with Crippen LogP contribution in [0.5, 0.6) is 0 Å². The van der Waals surface area contributed by atoms with E-state index < -0.39 is 0 Å². The lowest BCUT2D eigenvalue weighted by molar-refractivity contribution is 0.169. The van der Waals surface area contributed by atoms with Crippen molar-refractivity contribution < 1.29 is 4.74 Å². The molecule has 1 heterocycles. The van der Waals surface area contributed by atoms with Crippen molar-refractivity contribution >= 4 is 0 Å². The largest absolute Gasteiger partial charge is 0.381 e. The monoisotopic (exact) mass is 141 g/mol. The second-order valence-corrected chi connectivity index (χ2v) is 3.88. The van der Waals surface area contributed by atoms with Gasteiger partial charge in [-0.3, -0.25) is 0 Å². The zero-order valence-electron chi connectivity index (χ0n) is 6.47. The van der Waals surface area contributed by atoms with Gasteiger partial charge in [-0.05, 0) is 24.2 Å². The summed E-state index contributed by atoms with van der Waals surface area (Å²) in [7, 11) is 0. The Balaban J connectivity index is 1.99. The first-order valence-corrected chi connectivity index (χ1v) is 4.07. The average Bonchev–Trinajstić information content (AvgIpc) is 2.35. The van der Waals surface area contributed by atoms with Gasteiger partial charge < -0.3 is 10.5 Å². The van der Waals surface area contributed by atoms with Gasteiger partial charge in [-0.15, -0.1) is 0 Å². The molecule has 0 aromatic carbocycles. The zero-order chi connectivity index (χ0) is 7.19. The van der Waals surface area contributed by atoms with Crippen LogP contribution in [0, 0.1) is 11.3 Å². The van der Waals surface area contributed by atoms with Crippen molar-refractivity contribution in [1.29, 1.82) is 0 Å². The first-order chi connectivity index (χ1) is 4.73. The molecule has 0 aromatic heterocycles. The maximum atomic E-state index is 5.82. The van der Waals surface area contributed by atoms with E-state index in [9.17, 15) is 0 Å². The van der Waals surface area contributed by atoms with Crippen molar-refractivity contribution in [3.8, 4) is 0 Å². The zero-order valence-corrected chi connectivity index (χ0v) is 6.47. The fraction of sp³-hybridized carbons (Fsp3) is 1.00. The maximum absolute atomic E-state index is 5.82. The molecule has 1 aliphatic heterocycles. The van der Waals surface area contributed by atoms with E-state index in [1.165, 1.54) is 12.8 Å². The van der Waals surface area contributed by atoms with Crippen LogP contribution in [0.15, 0.2) is 0 Å². The van der Waals surface area contributed by atoms with Gasteiger partial charge in [0.25, 0.3) is 0 Å².